The Labute approximate surface area is 177 Å². The molecule has 29 heavy (non-hydrogen) atoms. The molecule has 2 rings (SSSR count). The van der Waals surface area contributed by atoms with Gasteiger partial charge in [-0.3, -0.25) is 0 Å². The number of aryl methyl sites for hydroxylation is 1. The van der Waals surface area contributed by atoms with E-state index in [9.17, 15) is 4.39 Å². The maximum atomic E-state index is 14.2. The first-order valence-electron chi connectivity index (χ1n) is 11.8. The lowest BCUT2D eigenvalue weighted by atomic mass is 10.0. The van der Waals surface area contributed by atoms with Crippen LogP contribution >= 0.6 is 0 Å². The summed E-state index contributed by atoms with van der Waals surface area (Å²) in [7, 11) is 0. The number of unbranched alkanes of at least 4 members (excludes halogenated alkanes) is 9. The summed E-state index contributed by atoms with van der Waals surface area (Å²) in [5.41, 5.74) is 3.33. The van der Waals surface area contributed by atoms with E-state index in [0.29, 0.717) is 12.4 Å². The largest absolute Gasteiger partial charge is 0.491 e. The number of rotatable bonds is 15. The minimum atomic E-state index is -0.287. The van der Waals surface area contributed by atoms with Gasteiger partial charge in [-0.2, -0.15) is 0 Å². The van der Waals surface area contributed by atoms with E-state index in [1.807, 2.05) is 13.0 Å². The Bertz CT molecular complexity index is 677. The molecule has 0 unspecified atom stereocenters. The molecule has 0 saturated carbocycles. The minimum absolute atomic E-state index is 0.287. The highest BCUT2D eigenvalue weighted by Gasteiger charge is 2.06. The molecule has 0 aliphatic carbocycles. The molecule has 0 radical (unpaired) electrons. The van der Waals surface area contributed by atoms with Crippen molar-refractivity contribution in [1.29, 1.82) is 0 Å². The molecule has 0 bridgehead atoms. The van der Waals surface area contributed by atoms with Crippen molar-refractivity contribution in [2.24, 2.45) is 0 Å². The van der Waals surface area contributed by atoms with Crippen LogP contribution in [0.2, 0.25) is 0 Å². The zero-order valence-electron chi connectivity index (χ0n) is 18.5. The maximum Gasteiger partial charge on any atom is 0.165 e. The molecule has 1 nitrogen and oxygen atoms in total. The topological polar surface area (TPSA) is 9.23 Å². The summed E-state index contributed by atoms with van der Waals surface area (Å²) in [5, 5.41) is 0. The van der Waals surface area contributed by atoms with Gasteiger partial charge in [0, 0.05) is 0 Å². The van der Waals surface area contributed by atoms with Gasteiger partial charge in [0.2, 0.25) is 0 Å². The average molecular weight is 399 g/mol. The second-order valence-electron chi connectivity index (χ2n) is 8.12. The highest BCUT2D eigenvalue weighted by Crippen LogP contribution is 2.26. The van der Waals surface area contributed by atoms with E-state index < -0.39 is 0 Å². The Balaban J connectivity index is 1.68. The van der Waals surface area contributed by atoms with Gasteiger partial charge >= 0.3 is 0 Å². The van der Waals surface area contributed by atoms with Gasteiger partial charge in [0.15, 0.2) is 11.6 Å². The Morgan fingerprint density at radius 2 is 1.24 bits per heavy atom. The normalized spacial score (nSPS) is 11.0. The molecular weight excluding hydrogens is 359 g/mol. The molecule has 0 N–H and O–H groups in total. The van der Waals surface area contributed by atoms with Crippen LogP contribution in [-0.4, -0.2) is 6.61 Å². The van der Waals surface area contributed by atoms with Gasteiger partial charge < -0.3 is 4.74 Å². The van der Waals surface area contributed by atoms with Gasteiger partial charge in [0.1, 0.15) is 0 Å². The van der Waals surface area contributed by atoms with Crippen molar-refractivity contribution in [2.75, 3.05) is 6.61 Å². The number of hydrogen-bond acceptors (Lipinski definition) is 1. The van der Waals surface area contributed by atoms with E-state index in [1.54, 1.807) is 12.1 Å². The van der Waals surface area contributed by atoms with Crippen LogP contribution in [0.15, 0.2) is 42.5 Å². The summed E-state index contributed by atoms with van der Waals surface area (Å²) >= 11 is 0. The van der Waals surface area contributed by atoms with E-state index in [2.05, 4.69) is 31.2 Å². The molecule has 2 aromatic carbocycles. The van der Waals surface area contributed by atoms with Crippen LogP contribution in [0.5, 0.6) is 5.75 Å². The SMILES string of the molecule is CCCCCCCCCCCCc1ccc(-c2ccc(OCCC)c(F)c2)cc1. The van der Waals surface area contributed by atoms with Gasteiger partial charge in [0.05, 0.1) is 6.61 Å². The molecule has 160 valence electrons. The van der Waals surface area contributed by atoms with Gasteiger partial charge in [-0.1, -0.05) is 102 Å². The molecule has 0 heterocycles. The summed E-state index contributed by atoms with van der Waals surface area (Å²) < 4.78 is 19.6. The van der Waals surface area contributed by atoms with Crippen molar-refractivity contribution >= 4 is 0 Å². The molecule has 0 aliphatic rings. The van der Waals surface area contributed by atoms with Crippen molar-refractivity contribution in [1.82, 2.24) is 0 Å². The van der Waals surface area contributed by atoms with Gasteiger partial charge in [-0.25, -0.2) is 4.39 Å². The van der Waals surface area contributed by atoms with Crippen LogP contribution in [0.4, 0.5) is 4.39 Å². The molecule has 0 saturated heterocycles. The predicted molar refractivity (Wildman–Crippen MR) is 123 cm³/mol. The first-order chi connectivity index (χ1) is 14.2. The Morgan fingerprint density at radius 1 is 0.655 bits per heavy atom. The second kappa shape index (κ2) is 14.2. The zero-order chi connectivity index (χ0) is 20.7. The molecule has 0 spiro atoms. The highest BCUT2D eigenvalue weighted by atomic mass is 19.1. The van der Waals surface area contributed by atoms with Crippen molar-refractivity contribution in [3.05, 3.63) is 53.8 Å². The smallest absolute Gasteiger partial charge is 0.165 e. The Kier molecular flexibility index (Phi) is 11.5. The summed E-state index contributed by atoms with van der Waals surface area (Å²) in [6, 6.07) is 13.8. The standard InChI is InChI=1S/C27H39FO/c1-3-5-6-7-8-9-10-11-12-13-14-23-15-17-24(18-16-23)25-19-20-27(26(28)22-25)29-21-4-2/h15-20,22H,3-14,21H2,1-2H3. The van der Waals surface area contributed by atoms with Crippen molar-refractivity contribution < 1.29 is 9.13 Å². The van der Waals surface area contributed by atoms with Crippen molar-refractivity contribution in [3.63, 3.8) is 0 Å². The highest BCUT2D eigenvalue weighted by molar-refractivity contribution is 5.64. The number of hydrogen-bond donors (Lipinski definition) is 0. The lowest BCUT2D eigenvalue weighted by molar-refractivity contribution is 0.301. The van der Waals surface area contributed by atoms with E-state index in [-0.39, 0.29) is 5.82 Å². The lowest BCUT2D eigenvalue weighted by Crippen LogP contribution is -1.97. The number of halogens is 1. The predicted octanol–water partition coefficient (Wildman–Crippen LogP) is 8.74. The molecule has 0 atom stereocenters. The quantitative estimate of drug-likeness (QED) is 0.272. The second-order valence-corrected chi connectivity index (χ2v) is 8.12. The fourth-order valence-corrected chi connectivity index (χ4v) is 3.69. The summed E-state index contributed by atoms with van der Waals surface area (Å²) in [4.78, 5) is 0. The molecule has 0 amide bonds. The monoisotopic (exact) mass is 398 g/mol. The number of benzene rings is 2. The fourth-order valence-electron chi connectivity index (χ4n) is 3.69. The van der Waals surface area contributed by atoms with Crippen LogP contribution in [0, 0.1) is 5.82 Å². The maximum absolute atomic E-state index is 14.2. The van der Waals surface area contributed by atoms with Crippen LogP contribution in [0.1, 0.15) is 90.0 Å². The summed E-state index contributed by atoms with van der Waals surface area (Å²) in [5.74, 6) is 0.0542. The third-order valence-electron chi connectivity index (χ3n) is 5.50. The lowest BCUT2D eigenvalue weighted by Gasteiger charge is -2.09. The van der Waals surface area contributed by atoms with Gasteiger partial charge in [-0.15, -0.1) is 0 Å². The zero-order valence-corrected chi connectivity index (χ0v) is 18.5. The molecule has 0 aromatic heterocycles. The van der Waals surface area contributed by atoms with Crippen molar-refractivity contribution in [3.8, 4) is 16.9 Å². The molecule has 0 fully saturated rings. The van der Waals surface area contributed by atoms with Crippen LogP contribution in [0.3, 0.4) is 0 Å². The minimum Gasteiger partial charge on any atom is -0.491 e. The van der Waals surface area contributed by atoms with Gasteiger partial charge in [-0.05, 0) is 48.1 Å². The van der Waals surface area contributed by atoms with Crippen molar-refractivity contribution in [2.45, 2.75) is 90.9 Å². The average Bonchev–Trinajstić information content (AvgIpc) is 2.74. The van der Waals surface area contributed by atoms with Gasteiger partial charge in [0.25, 0.3) is 0 Å². The van der Waals surface area contributed by atoms with E-state index >= 15 is 0 Å². The van der Waals surface area contributed by atoms with Crippen LogP contribution in [-0.2, 0) is 6.42 Å². The van der Waals surface area contributed by atoms with E-state index in [0.717, 1.165) is 24.0 Å². The van der Waals surface area contributed by atoms with E-state index in [1.165, 1.54) is 69.8 Å². The summed E-state index contributed by atoms with van der Waals surface area (Å²) in [6.45, 7) is 4.84. The molecule has 2 heteroatoms. The number of ether oxygens (including phenoxy) is 1. The van der Waals surface area contributed by atoms with Crippen LogP contribution < -0.4 is 4.74 Å². The molecule has 0 aliphatic heterocycles. The third kappa shape index (κ3) is 9.02. The van der Waals surface area contributed by atoms with Crippen LogP contribution in [0.25, 0.3) is 11.1 Å². The third-order valence-corrected chi connectivity index (χ3v) is 5.50. The molecule has 2 aromatic rings. The first-order valence-corrected chi connectivity index (χ1v) is 11.8. The first kappa shape index (κ1) is 23.4. The Morgan fingerprint density at radius 3 is 1.83 bits per heavy atom. The summed E-state index contributed by atoms with van der Waals surface area (Å²) in [6.07, 6.45) is 15.7. The van der Waals surface area contributed by atoms with E-state index in [4.69, 9.17) is 4.74 Å². The Hall–Kier alpha value is -1.83. The fraction of sp³-hybridized carbons (Fsp3) is 0.556. The molecular formula is C27H39FO.